The number of likely N-dealkylation sites (N-methyl/N-ethyl adjacent to an activating group) is 1. The van der Waals surface area contributed by atoms with Gasteiger partial charge in [0.15, 0.2) is 0 Å². The second-order valence-electron chi connectivity index (χ2n) is 5.29. The zero-order valence-electron chi connectivity index (χ0n) is 11.5. The first-order valence-electron chi connectivity index (χ1n) is 5.87. The predicted molar refractivity (Wildman–Crippen MR) is 76.8 cm³/mol. The van der Waals surface area contributed by atoms with Crippen molar-refractivity contribution >= 4 is 27.7 Å². The summed E-state index contributed by atoms with van der Waals surface area (Å²) in [5.74, 6) is -0.494. The van der Waals surface area contributed by atoms with Crippen LogP contribution in [0.4, 0.5) is 0 Å². The maximum atomic E-state index is 12.1. The highest BCUT2D eigenvalue weighted by molar-refractivity contribution is 9.10. The fraction of sp³-hybridized carbons (Fsp3) is 0.462. The van der Waals surface area contributed by atoms with E-state index in [4.69, 9.17) is 0 Å². The van der Waals surface area contributed by atoms with Gasteiger partial charge >= 0.3 is 0 Å². The molecule has 0 aromatic carbocycles. The summed E-state index contributed by atoms with van der Waals surface area (Å²) >= 11 is 3.27. The van der Waals surface area contributed by atoms with E-state index >= 15 is 0 Å². The molecule has 2 amide bonds. The third kappa shape index (κ3) is 4.98. The minimum absolute atomic E-state index is 0.000875. The zero-order valence-corrected chi connectivity index (χ0v) is 13.1. The minimum atomic E-state index is -0.313. The molecule has 0 spiro atoms. The third-order valence-corrected chi connectivity index (χ3v) is 2.84. The summed E-state index contributed by atoms with van der Waals surface area (Å²) in [6.07, 6.45) is 1.54. The molecule has 1 aromatic rings. The number of amides is 2. The number of carbonyl (C=O) groups is 2. The van der Waals surface area contributed by atoms with Gasteiger partial charge in [0.25, 0.3) is 5.91 Å². The van der Waals surface area contributed by atoms with E-state index in [0.717, 1.165) is 0 Å². The summed E-state index contributed by atoms with van der Waals surface area (Å²) in [5.41, 5.74) is -0.0134. The van der Waals surface area contributed by atoms with Gasteiger partial charge in [0.1, 0.15) is 5.69 Å². The van der Waals surface area contributed by atoms with Crippen LogP contribution in [0.2, 0.25) is 0 Å². The first kappa shape index (κ1) is 15.6. The lowest BCUT2D eigenvalue weighted by Gasteiger charge is -2.23. The first-order chi connectivity index (χ1) is 8.70. The van der Waals surface area contributed by atoms with Crippen molar-refractivity contribution in [1.82, 2.24) is 15.2 Å². The van der Waals surface area contributed by atoms with Crippen LogP contribution < -0.4 is 5.32 Å². The van der Waals surface area contributed by atoms with Gasteiger partial charge in [-0.05, 0) is 48.8 Å². The second-order valence-corrected chi connectivity index (χ2v) is 6.15. The molecule has 0 bridgehead atoms. The van der Waals surface area contributed by atoms with Crippen LogP contribution in [0.15, 0.2) is 22.8 Å². The predicted octanol–water partition coefficient (Wildman–Crippen LogP) is 1.83. The molecule has 0 saturated heterocycles. The molecular weight excluding hydrogens is 310 g/mol. The third-order valence-electron chi connectivity index (χ3n) is 2.20. The summed E-state index contributed by atoms with van der Waals surface area (Å²) in [6, 6.07) is 3.47. The number of nitrogens with one attached hydrogen (secondary N) is 1. The fourth-order valence-corrected chi connectivity index (χ4v) is 1.89. The highest BCUT2D eigenvalue weighted by Gasteiger charge is 2.20. The van der Waals surface area contributed by atoms with Gasteiger partial charge < -0.3 is 10.2 Å². The smallest absolute Gasteiger partial charge is 0.273 e. The van der Waals surface area contributed by atoms with Crippen LogP contribution in [0.25, 0.3) is 0 Å². The van der Waals surface area contributed by atoms with Crippen LogP contribution in [-0.2, 0) is 4.79 Å². The van der Waals surface area contributed by atoms with E-state index in [1.165, 1.54) is 4.90 Å². The normalized spacial score (nSPS) is 11.0. The lowest BCUT2D eigenvalue weighted by molar-refractivity contribution is -0.122. The lowest BCUT2D eigenvalue weighted by Crippen LogP contribution is -2.46. The quantitative estimate of drug-likeness (QED) is 0.921. The number of aromatic nitrogens is 1. The Kier molecular flexibility index (Phi) is 5.05. The molecule has 1 rings (SSSR count). The number of nitrogens with zero attached hydrogens (tertiary/aromatic N) is 2. The van der Waals surface area contributed by atoms with Gasteiger partial charge in [-0.25, -0.2) is 4.98 Å². The zero-order chi connectivity index (χ0) is 14.6. The summed E-state index contributed by atoms with van der Waals surface area (Å²) in [6.45, 7) is 5.67. The number of rotatable bonds is 3. The average molecular weight is 328 g/mol. The molecule has 0 aliphatic heterocycles. The van der Waals surface area contributed by atoms with Gasteiger partial charge in [0.05, 0.1) is 6.54 Å². The standard InChI is InChI=1S/C13H18BrN3O2/c1-13(2,3)16-10(18)8-17(4)12(19)11-9(14)6-5-7-15-11/h5-7H,8H2,1-4H3,(H,16,18). The van der Waals surface area contributed by atoms with Crippen molar-refractivity contribution in [3.63, 3.8) is 0 Å². The molecule has 6 heteroatoms. The lowest BCUT2D eigenvalue weighted by atomic mass is 10.1. The molecule has 0 unspecified atom stereocenters. The van der Waals surface area contributed by atoms with E-state index in [1.54, 1.807) is 25.4 Å². The molecule has 0 atom stereocenters. The number of pyridine rings is 1. The summed E-state index contributed by atoms with van der Waals surface area (Å²) in [4.78, 5) is 29.2. The van der Waals surface area contributed by atoms with E-state index in [0.29, 0.717) is 10.2 Å². The number of hydrogen-bond acceptors (Lipinski definition) is 3. The number of carbonyl (C=O) groups excluding carboxylic acids is 2. The number of halogens is 1. The van der Waals surface area contributed by atoms with Crippen molar-refractivity contribution in [2.24, 2.45) is 0 Å². The van der Waals surface area contributed by atoms with E-state index in [9.17, 15) is 9.59 Å². The van der Waals surface area contributed by atoms with Gasteiger partial charge in [-0.15, -0.1) is 0 Å². The SMILES string of the molecule is CN(CC(=O)NC(C)(C)C)C(=O)c1ncccc1Br. The van der Waals surface area contributed by atoms with Crippen molar-refractivity contribution in [3.05, 3.63) is 28.5 Å². The van der Waals surface area contributed by atoms with E-state index in [2.05, 4.69) is 26.2 Å². The fourth-order valence-electron chi connectivity index (χ4n) is 1.47. The summed E-state index contributed by atoms with van der Waals surface area (Å²) in [5, 5.41) is 2.81. The largest absolute Gasteiger partial charge is 0.350 e. The van der Waals surface area contributed by atoms with Gasteiger partial charge in [-0.1, -0.05) is 0 Å². The molecule has 1 heterocycles. The molecule has 5 nitrogen and oxygen atoms in total. The molecule has 0 aliphatic carbocycles. The van der Waals surface area contributed by atoms with E-state index in [1.807, 2.05) is 20.8 Å². The van der Waals surface area contributed by atoms with Crippen molar-refractivity contribution < 1.29 is 9.59 Å². The molecular formula is C13H18BrN3O2. The molecule has 104 valence electrons. The maximum absolute atomic E-state index is 12.1. The number of hydrogen-bond donors (Lipinski definition) is 1. The van der Waals surface area contributed by atoms with Gasteiger partial charge in [-0.2, -0.15) is 0 Å². The van der Waals surface area contributed by atoms with Crippen LogP contribution >= 0.6 is 15.9 Å². The molecule has 0 radical (unpaired) electrons. The maximum Gasteiger partial charge on any atom is 0.273 e. The monoisotopic (exact) mass is 327 g/mol. The van der Waals surface area contributed by atoms with Gasteiger partial charge in [0, 0.05) is 23.3 Å². The Morgan fingerprint density at radius 1 is 1.42 bits per heavy atom. The van der Waals surface area contributed by atoms with Crippen molar-refractivity contribution in [1.29, 1.82) is 0 Å². The minimum Gasteiger partial charge on any atom is -0.350 e. The van der Waals surface area contributed by atoms with Crippen molar-refractivity contribution in [2.75, 3.05) is 13.6 Å². The van der Waals surface area contributed by atoms with Crippen molar-refractivity contribution in [3.8, 4) is 0 Å². The first-order valence-corrected chi connectivity index (χ1v) is 6.67. The Labute approximate surface area is 121 Å². The van der Waals surface area contributed by atoms with Crippen molar-refractivity contribution in [2.45, 2.75) is 26.3 Å². The van der Waals surface area contributed by atoms with Crippen LogP contribution in [0, 0.1) is 0 Å². The Morgan fingerprint density at radius 3 is 2.58 bits per heavy atom. The van der Waals surface area contributed by atoms with Crippen LogP contribution in [-0.4, -0.2) is 40.8 Å². The second kappa shape index (κ2) is 6.14. The van der Waals surface area contributed by atoms with Crippen LogP contribution in [0.1, 0.15) is 31.3 Å². The van der Waals surface area contributed by atoms with Gasteiger partial charge in [0.2, 0.25) is 5.91 Å². The topological polar surface area (TPSA) is 62.3 Å². The van der Waals surface area contributed by atoms with Crippen LogP contribution in [0.5, 0.6) is 0 Å². The average Bonchev–Trinajstić information content (AvgIpc) is 2.26. The van der Waals surface area contributed by atoms with E-state index in [-0.39, 0.29) is 23.9 Å². The molecule has 19 heavy (non-hydrogen) atoms. The molecule has 1 aromatic heterocycles. The summed E-state index contributed by atoms with van der Waals surface area (Å²) < 4.78 is 0.614. The Balaban J connectivity index is 2.69. The van der Waals surface area contributed by atoms with E-state index < -0.39 is 0 Å². The van der Waals surface area contributed by atoms with Crippen LogP contribution in [0.3, 0.4) is 0 Å². The highest BCUT2D eigenvalue weighted by atomic mass is 79.9. The Bertz CT molecular complexity index is 483. The molecule has 1 N–H and O–H groups in total. The molecule has 0 fully saturated rings. The molecule has 0 aliphatic rings. The Hall–Kier alpha value is -1.43. The summed E-state index contributed by atoms with van der Waals surface area (Å²) in [7, 11) is 1.58. The Morgan fingerprint density at radius 2 is 2.05 bits per heavy atom. The van der Waals surface area contributed by atoms with Gasteiger partial charge in [-0.3, -0.25) is 9.59 Å². The molecule has 0 saturated carbocycles. The highest BCUT2D eigenvalue weighted by Crippen LogP contribution is 2.14.